The predicted octanol–water partition coefficient (Wildman–Crippen LogP) is 3.07. The fourth-order valence-electron chi connectivity index (χ4n) is 2.07. The number of para-hydroxylation sites is 1. The van der Waals surface area contributed by atoms with Crippen LogP contribution in [0.3, 0.4) is 0 Å². The van der Waals surface area contributed by atoms with Gasteiger partial charge in [-0.3, -0.25) is 0 Å². The second-order valence-electron chi connectivity index (χ2n) is 4.67. The van der Waals surface area contributed by atoms with Crippen LogP contribution in [0.4, 0.5) is 10.5 Å². The van der Waals surface area contributed by atoms with Gasteiger partial charge >= 0.3 is 6.03 Å². The van der Waals surface area contributed by atoms with Gasteiger partial charge in [-0.1, -0.05) is 18.2 Å². The highest BCUT2D eigenvalue weighted by molar-refractivity contribution is 5.89. The van der Waals surface area contributed by atoms with E-state index in [2.05, 4.69) is 10.6 Å². The molecule has 2 aromatic carbocycles. The van der Waals surface area contributed by atoms with Crippen LogP contribution >= 0.6 is 0 Å². The quantitative estimate of drug-likeness (QED) is 0.862. The maximum absolute atomic E-state index is 11.8. The van der Waals surface area contributed by atoms with Gasteiger partial charge in [0.1, 0.15) is 11.5 Å². The Hall–Kier alpha value is -2.69. The summed E-state index contributed by atoms with van der Waals surface area (Å²) in [6, 6.07) is 14.7. The number of urea groups is 1. The van der Waals surface area contributed by atoms with Crippen LogP contribution in [0.15, 0.2) is 48.5 Å². The number of hydrogen-bond acceptors (Lipinski definition) is 3. The van der Waals surface area contributed by atoms with E-state index in [-0.39, 0.29) is 6.03 Å². The van der Waals surface area contributed by atoms with Crippen LogP contribution in [-0.2, 0) is 6.42 Å². The number of benzene rings is 2. The predicted molar refractivity (Wildman–Crippen MR) is 86.7 cm³/mol. The molecular weight excluding hydrogens is 280 g/mol. The molecule has 0 unspecified atom stereocenters. The molecule has 116 valence electrons. The summed E-state index contributed by atoms with van der Waals surface area (Å²) in [6.07, 6.45) is 0.708. The Morgan fingerprint density at radius 1 is 1.00 bits per heavy atom. The molecule has 0 bridgehead atoms. The van der Waals surface area contributed by atoms with Crippen LogP contribution in [0.5, 0.6) is 11.5 Å². The van der Waals surface area contributed by atoms with Crippen molar-refractivity contribution in [1.29, 1.82) is 0 Å². The third kappa shape index (κ3) is 4.41. The molecule has 2 amide bonds. The molecule has 0 atom stereocenters. The fraction of sp³-hybridized carbons (Fsp3) is 0.235. The number of carbonyl (C=O) groups is 1. The topological polar surface area (TPSA) is 59.6 Å². The molecule has 2 rings (SSSR count). The highest BCUT2D eigenvalue weighted by atomic mass is 16.5. The molecule has 0 aliphatic heterocycles. The maximum Gasteiger partial charge on any atom is 0.319 e. The Morgan fingerprint density at radius 2 is 1.73 bits per heavy atom. The van der Waals surface area contributed by atoms with Crippen LogP contribution in [-0.4, -0.2) is 26.8 Å². The minimum absolute atomic E-state index is 0.236. The fourth-order valence-corrected chi connectivity index (χ4v) is 2.07. The van der Waals surface area contributed by atoms with Crippen LogP contribution in [0.2, 0.25) is 0 Å². The molecule has 0 fully saturated rings. The van der Waals surface area contributed by atoms with Gasteiger partial charge in [0.25, 0.3) is 0 Å². The van der Waals surface area contributed by atoms with Gasteiger partial charge in [-0.25, -0.2) is 4.79 Å². The zero-order chi connectivity index (χ0) is 15.8. The average molecular weight is 300 g/mol. The first-order valence-electron chi connectivity index (χ1n) is 7.03. The Balaban J connectivity index is 1.80. The second kappa shape index (κ2) is 7.93. The minimum atomic E-state index is -0.236. The van der Waals surface area contributed by atoms with E-state index in [4.69, 9.17) is 9.47 Å². The Labute approximate surface area is 130 Å². The third-order valence-electron chi connectivity index (χ3n) is 3.22. The van der Waals surface area contributed by atoms with Crippen LogP contribution in [0.25, 0.3) is 0 Å². The van der Waals surface area contributed by atoms with E-state index in [0.717, 1.165) is 22.7 Å². The molecule has 0 saturated heterocycles. The van der Waals surface area contributed by atoms with Gasteiger partial charge in [0.2, 0.25) is 0 Å². The lowest BCUT2D eigenvalue weighted by Gasteiger charge is -2.10. The lowest BCUT2D eigenvalue weighted by molar-refractivity contribution is 0.252. The van der Waals surface area contributed by atoms with E-state index in [1.807, 2.05) is 24.3 Å². The summed E-state index contributed by atoms with van der Waals surface area (Å²) in [5.74, 6) is 1.59. The van der Waals surface area contributed by atoms with Crippen LogP contribution in [0.1, 0.15) is 5.56 Å². The van der Waals surface area contributed by atoms with Crippen molar-refractivity contribution in [2.75, 3.05) is 26.1 Å². The molecule has 0 spiro atoms. The minimum Gasteiger partial charge on any atom is -0.497 e. The number of anilines is 1. The van der Waals surface area contributed by atoms with Crippen molar-refractivity contribution in [1.82, 2.24) is 5.32 Å². The monoisotopic (exact) mass is 300 g/mol. The highest BCUT2D eigenvalue weighted by Crippen LogP contribution is 2.17. The zero-order valence-corrected chi connectivity index (χ0v) is 12.8. The van der Waals surface area contributed by atoms with Gasteiger partial charge in [-0.05, 0) is 42.3 Å². The standard InChI is InChI=1S/C17H20N2O3/c1-21-15-9-7-14(8-10-15)19-17(20)18-12-11-13-5-3-4-6-16(13)22-2/h3-10H,11-12H2,1-2H3,(H2,18,19,20). The molecular formula is C17H20N2O3. The first kappa shape index (κ1) is 15.7. The lowest BCUT2D eigenvalue weighted by atomic mass is 10.1. The Kier molecular flexibility index (Phi) is 5.65. The van der Waals surface area contributed by atoms with E-state index in [0.29, 0.717) is 13.0 Å². The number of methoxy groups -OCH3 is 2. The van der Waals surface area contributed by atoms with Crippen molar-refractivity contribution in [2.24, 2.45) is 0 Å². The largest absolute Gasteiger partial charge is 0.497 e. The molecule has 0 aromatic heterocycles. The highest BCUT2D eigenvalue weighted by Gasteiger charge is 2.04. The molecule has 0 aliphatic carbocycles. The Bertz CT molecular complexity index is 612. The second-order valence-corrected chi connectivity index (χ2v) is 4.67. The number of carbonyl (C=O) groups excluding carboxylic acids is 1. The van der Waals surface area contributed by atoms with E-state index in [1.165, 1.54) is 0 Å². The number of ether oxygens (including phenoxy) is 2. The van der Waals surface area contributed by atoms with Crippen LogP contribution < -0.4 is 20.1 Å². The summed E-state index contributed by atoms with van der Waals surface area (Å²) in [7, 11) is 3.25. The van der Waals surface area contributed by atoms with Crippen molar-refractivity contribution in [3.8, 4) is 11.5 Å². The number of hydrogen-bond donors (Lipinski definition) is 2. The number of amides is 2. The maximum atomic E-state index is 11.8. The van der Waals surface area contributed by atoms with Crippen molar-refractivity contribution >= 4 is 11.7 Å². The summed E-state index contributed by atoms with van der Waals surface area (Å²) >= 11 is 0. The number of nitrogens with one attached hydrogen (secondary N) is 2. The van der Waals surface area contributed by atoms with Crippen molar-refractivity contribution in [2.45, 2.75) is 6.42 Å². The van der Waals surface area contributed by atoms with E-state index in [9.17, 15) is 4.79 Å². The van der Waals surface area contributed by atoms with Crippen molar-refractivity contribution in [3.05, 3.63) is 54.1 Å². The molecule has 2 aromatic rings. The summed E-state index contributed by atoms with van der Waals surface area (Å²) in [5.41, 5.74) is 1.78. The summed E-state index contributed by atoms with van der Waals surface area (Å²) in [5, 5.41) is 5.59. The molecule has 5 heteroatoms. The molecule has 5 nitrogen and oxygen atoms in total. The van der Waals surface area contributed by atoms with Crippen molar-refractivity contribution < 1.29 is 14.3 Å². The van der Waals surface area contributed by atoms with Gasteiger partial charge in [-0.15, -0.1) is 0 Å². The van der Waals surface area contributed by atoms with E-state index < -0.39 is 0 Å². The van der Waals surface area contributed by atoms with Gasteiger partial charge in [-0.2, -0.15) is 0 Å². The molecule has 0 heterocycles. The van der Waals surface area contributed by atoms with Crippen molar-refractivity contribution in [3.63, 3.8) is 0 Å². The Morgan fingerprint density at radius 3 is 2.41 bits per heavy atom. The van der Waals surface area contributed by atoms with Gasteiger partial charge < -0.3 is 20.1 Å². The third-order valence-corrected chi connectivity index (χ3v) is 3.22. The molecule has 0 aliphatic rings. The first-order valence-corrected chi connectivity index (χ1v) is 7.03. The molecule has 2 N–H and O–H groups in total. The smallest absolute Gasteiger partial charge is 0.319 e. The summed E-state index contributed by atoms with van der Waals surface area (Å²) < 4.78 is 10.3. The van der Waals surface area contributed by atoms with Gasteiger partial charge in [0, 0.05) is 12.2 Å². The zero-order valence-electron chi connectivity index (χ0n) is 12.8. The van der Waals surface area contributed by atoms with Gasteiger partial charge in [0.05, 0.1) is 14.2 Å². The SMILES string of the molecule is COc1ccc(NC(=O)NCCc2ccccc2OC)cc1. The molecule has 0 saturated carbocycles. The first-order chi connectivity index (χ1) is 10.7. The lowest BCUT2D eigenvalue weighted by Crippen LogP contribution is -2.30. The molecule has 22 heavy (non-hydrogen) atoms. The number of rotatable bonds is 6. The molecule has 0 radical (unpaired) electrons. The van der Waals surface area contributed by atoms with Crippen LogP contribution in [0, 0.1) is 0 Å². The van der Waals surface area contributed by atoms with E-state index in [1.54, 1.807) is 38.5 Å². The average Bonchev–Trinajstić information content (AvgIpc) is 2.56. The van der Waals surface area contributed by atoms with E-state index >= 15 is 0 Å². The normalized spacial score (nSPS) is 9.91. The van der Waals surface area contributed by atoms with Gasteiger partial charge in [0.15, 0.2) is 0 Å². The summed E-state index contributed by atoms with van der Waals surface area (Å²) in [6.45, 7) is 0.530. The summed E-state index contributed by atoms with van der Waals surface area (Å²) in [4.78, 5) is 11.8.